The molecule has 0 fully saturated rings. The van der Waals surface area contributed by atoms with Gasteiger partial charge in [0.25, 0.3) is 0 Å². The molecule has 0 radical (unpaired) electrons. The Bertz CT molecular complexity index is 3650. The summed E-state index contributed by atoms with van der Waals surface area (Å²) < 4.78 is 0. The van der Waals surface area contributed by atoms with E-state index in [0.29, 0.717) is 0 Å². The van der Waals surface area contributed by atoms with Gasteiger partial charge in [0.2, 0.25) is 0 Å². The standard InChI is InChI=1S/C69H49N/c1-68(52-26-11-4-12-27-52)62-34-19-18-33-60(62)67-64(68)36-21-37-66(67)70(55-41-38-48(39-42-55)51-40-44-57(49-22-7-2-8-23-49)61(46-51)50-24-9-3-10-25-50)56-43-45-59-58-32-17-20-35-63(58)69(65(59)47-56,53-28-13-5-14-29-53)54-30-15-6-16-31-54/h2-47H,1H3. The van der Waals surface area contributed by atoms with Crippen LogP contribution in [0.1, 0.15) is 45.9 Å². The summed E-state index contributed by atoms with van der Waals surface area (Å²) in [4.78, 5) is 2.52. The van der Waals surface area contributed by atoms with Crippen molar-refractivity contribution in [2.45, 2.75) is 17.8 Å². The van der Waals surface area contributed by atoms with Gasteiger partial charge in [0.1, 0.15) is 0 Å². The number of hydrogen-bond donors (Lipinski definition) is 0. The van der Waals surface area contributed by atoms with Crippen LogP contribution in [0.15, 0.2) is 279 Å². The van der Waals surface area contributed by atoms with Gasteiger partial charge in [-0.1, -0.05) is 243 Å². The van der Waals surface area contributed by atoms with Crippen LogP contribution in [0.5, 0.6) is 0 Å². The van der Waals surface area contributed by atoms with Crippen molar-refractivity contribution in [2.75, 3.05) is 4.90 Å². The zero-order valence-corrected chi connectivity index (χ0v) is 39.0. The lowest BCUT2D eigenvalue weighted by Gasteiger charge is -2.35. The Hall–Kier alpha value is -8.78. The molecule has 0 N–H and O–H groups in total. The molecule has 2 aliphatic carbocycles. The smallest absolute Gasteiger partial charge is 0.0714 e. The molecule has 0 amide bonds. The number of nitrogens with zero attached hydrogens (tertiary/aromatic N) is 1. The SMILES string of the molecule is CC1(c2ccccc2)c2ccccc2-c2c(N(c3ccc(-c4ccc(-c5ccccc5)c(-c5ccccc5)c4)cc3)c3ccc4c(c3)C(c3ccccc3)(c3ccccc3)c3ccccc3-4)cccc21. The largest absolute Gasteiger partial charge is 0.310 e. The molecule has 330 valence electrons. The lowest BCUT2D eigenvalue weighted by molar-refractivity contribution is 0.714. The highest BCUT2D eigenvalue weighted by atomic mass is 15.1. The van der Waals surface area contributed by atoms with Gasteiger partial charge in [0, 0.05) is 22.4 Å². The zero-order chi connectivity index (χ0) is 46.7. The summed E-state index contributed by atoms with van der Waals surface area (Å²) in [6.07, 6.45) is 0. The van der Waals surface area contributed by atoms with E-state index in [1.54, 1.807) is 0 Å². The fourth-order valence-corrected chi connectivity index (χ4v) is 12.0. The molecule has 1 nitrogen and oxygen atoms in total. The highest BCUT2D eigenvalue weighted by Gasteiger charge is 2.47. The van der Waals surface area contributed by atoms with Crippen LogP contribution in [0.3, 0.4) is 0 Å². The number of rotatable bonds is 9. The summed E-state index contributed by atoms with van der Waals surface area (Å²) in [5.74, 6) is 0. The Labute approximate surface area is 411 Å². The topological polar surface area (TPSA) is 3.24 Å². The molecule has 1 atom stereocenters. The maximum Gasteiger partial charge on any atom is 0.0714 e. The summed E-state index contributed by atoms with van der Waals surface area (Å²) >= 11 is 0. The first-order chi connectivity index (χ1) is 34.6. The molecule has 0 saturated heterocycles. The summed E-state index contributed by atoms with van der Waals surface area (Å²) in [6.45, 7) is 2.41. The molecule has 0 saturated carbocycles. The first-order valence-corrected chi connectivity index (χ1v) is 24.4. The van der Waals surface area contributed by atoms with Crippen LogP contribution in [-0.2, 0) is 10.8 Å². The van der Waals surface area contributed by atoms with E-state index in [1.807, 2.05) is 0 Å². The molecule has 0 heterocycles. The molecule has 1 unspecified atom stereocenters. The molecule has 11 aromatic carbocycles. The Kier molecular flexibility index (Phi) is 9.92. The van der Waals surface area contributed by atoms with E-state index in [1.165, 1.54) is 89.0 Å². The molecule has 70 heavy (non-hydrogen) atoms. The fraction of sp³-hybridized carbons (Fsp3) is 0.0435. The van der Waals surface area contributed by atoms with E-state index in [0.717, 1.165) is 22.6 Å². The van der Waals surface area contributed by atoms with Gasteiger partial charge >= 0.3 is 0 Å². The van der Waals surface area contributed by atoms with Gasteiger partial charge < -0.3 is 4.90 Å². The van der Waals surface area contributed by atoms with Crippen LogP contribution in [-0.4, -0.2) is 0 Å². The average molecular weight is 892 g/mol. The minimum Gasteiger partial charge on any atom is -0.310 e. The zero-order valence-electron chi connectivity index (χ0n) is 39.0. The molecular formula is C69H49N. The van der Waals surface area contributed by atoms with Crippen molar-refractivity contribution in [1.29, 1.82) is 0 Å². The van der Waals surface area contributed by atoms with Crippen LogP contribution < -0.4 is 4.90 Å². The Morgan fingerprint density at radius 1 is 0.271 bits per heavy atom. The van der Waals surface area contributed by atoms with Crippen LogP contribution in [0, 0.1) is 0 Å². The third-order valence-electron chi connectivity index (χ3n) is 15.3. The van der Waals surface area contributed by atoms with E-state index in [4.69, 9.17) is 0 Å². The summed E-state index contributed by atoms with van der Waals surface area (Å²) in [5.41, 5.74) is 23.7. The third-order valence-corrected chi connectivity index (χ3v) is 15.3. The molecule has 11 aromatic rings. The molecular weight excluding hydrogens is 843 g/mol. The lowest BCUT2D eigenvalue weighted by Crippen LogP contribution is -2.28. The van der Waals surface area contributed by atoms with Crippen LogP contribution >= 0.6 is 0 Å². The van der Waals surface area contributed by atoms with Crippen molar-refractivity contribution in [3.8, 4) is 55.6 Å². The average Bonchev–Trinajstić information content (AvgIpc) is 3.89. The summed E-state index contributed by atoms with van der Waals surface area (Å²) in [6, 6.07) is 103. The highest BCUT2D eigenvalue weighted by Crippen LogP contribution is 2.60. The van der Waals surface area contributed by atoms with E-state index in [9.17, 15) is 0 Å². The van der Waals surface area contributed by atoms with E-state index in [2.05, 4.69) is 291 Å². The van der Waals surface area contributed by atoms with Crippen molar-refractivity contribution >= 4 is 17.1 Å². The maximum absolute atomic E-state index is 2.52. The molecule has 2 aliphatic rings. The van der Waals surface area contributed by atoms with Gasteiger partial charge in [0.15, 0.2) is 0 Å². The van der Waals surface area contributed by atoms with Crippen molar-refractivity contribution in [2.24, 2.45) is 0 Å². The second kappa shape index (κ2) is 16.8. The predicted molar refractivity (Wildman–Crippen MR) is 292 cm³/mol. The van der Waals surface area contributed by atoms with Gasteiger partial charge in [-0.25, -0.2) is 0 Å². The molecule has 0 aromatic heterocycles. The third kappa shape index (κ3) is 6.39. The Morgan fingerprint density at radius 2 is 0.743 bits per heavy atom. The van der Waals surface area contributed by atoms with Crippen molar-refractivity contribution in [3.63, 3.8) is 0 Å². The normalized spacial score (nSPS) is 14.8. The van der Waals surface area contributed by atoms with Gasteiger partial charge in [-0.15, -0.1) is 0 Å². The quantitative estimate of drug-likeness (QED) is 0.140. The number of benzene rings is 11. The summed E-state index contributed by atoms with van der Waals surface area (Å²) in [5, 5.41) is 0. The first kappa shape index (κ1) is 41.4. The number of hydrogen-bond acceptors (Lipinski definition) is 1. The van der Waals surface area contributed by atoms with Crippen molar-refractivity contribution in [3.05, 3.63) is 318 Å². The number of anilines is 3. The summed E-state index contributed by atoms with van der Waals surface area (Å²) in [7, 11) is 0. The minimum absolute atomic E-state index is 0.351. The predicted octanol–water partition coefficient (Wildman–Crippen LogP) is 17.9. The monoisotopic (exact) mass is 891 g/mol. The molecule has 13 rings (SSSR count). The number of fused-ring (bicyclic) bond motifs is 6. The highest BCUT2D eigenvalue weighted by molar-refractivity contribution is 5.98. The molecule has 0 spiro atoms. The van der Waals surface area contributed by atoms with Crippen molar-refractivity contribution in [1.82, 2.24) is 0 Å². The van der Waals surface area contributed by atoms with E-state index < -0.39 is 5.41 Å². The molecule has 0 bridgehead atoms. The lowest BCUT2D eigenvalue weighted by atomic mass is 9.67. The molecule has 1 heteroatoms. The van der Waals surface area contributed by atoms with Crippen LogP contribution in [0.25, 0.3) is 55.6 Å². The van der Waals surface area contributed by atoms with Gasteiger partial charge in [-0.2, -0.15) is 0 Å². The van der Waals surface area contributed by atoms with Gasteiger partial charge in [-0.3, -0.25) is 0 Å². The maximum atomic E-state index is 2.52. The van der Waals surface area contributed by atoms with Crippen LogP contribution in [0.2, 0.25) is 0 Å². The van der Waals surface area contributed by atoms with Gasteiger partial charge in [-0.05, 0) is 132 Å². The first-order valence-electron chi connectivity index (χ1n) is 24.4. The second-order valence-corrected chi connectivity index (χ2v) is 18.9. The van der Waals surface area contributed by atoms with Crippen molar-refractivity contribution < 1.29 is 0 Å². The second-order valence-electron chi connectivity index (χ2n) is 18.9. The van der Waals surface area contributed by atoms with E-state index in [-0.39, 0.29) is 5.41 Å². The minimum atomic E-state index is -0.542. The fourth-order valence-electron chi connectivity index (χ4n) is 12.0. The molecule has 0 aliphatic heterocycles. The van der Waals surface area contributed by atoms with Crippen LogP contribution in [0.4, 0.5) is 17.1 Å². The van der Waals surface area contributed by atoms with Gasteiger partial charge in [0.05, 0.1) is 11.1 Å². The van der Waals surface area contributed by atoms with E-state index >= 15 is 0 Å². The Morgan fingerprint density at radius 3 is 1.39 bits per heavy atom. The Balaban J connectivity index is 1.04.